The molecule has 90 valence electrons. The molecule has 1 aromatic carbocycles. The van der Waals surface area contributed by atoms with Gasteiger partial charge < -0.3 is 5.73 Å². The van der Waals surface area contributed by atoms with Crippen molar-refractivity contribution in [2.75, 3.05) is 5.75 Å². The van der Waals surface area contributed by atoms with Gasteiger partial charge in [0.1, 0.15) is 0 Å². The molecule has 16 heavy (non-hydrogen) atoms. The SMILES string of the molecule is CCCCCCCSc1cccc(CN)c1. The summed E-state index contributed by atoms with van der Waals surface area (Å²) in [6.07, 6.45) is 6.80. The summed E-state index contributed by atoms with van der Waals surface area (Å²) in [5.41, 5.74) is 6.85. The molecule has 2 N–H and O–H groups in total. The first kappa shape index (κ1) is 13.6. The minimum atomic E-state index is 0.644. The van der Waals surface area contributed by atoms with Gasteiger partial charge in [-0.25, -0.2) is 0 Å². The average molecular weight is 237 g/mol. The maximum atomic E-state index is 5.62. The largest absolute Gasteiger partial charge is 0.326 e. The molecular weight excluding hydrogens is 214 g/mol. The zero-order chi connectivity index (χ0) is 11.6. The normalized spacial score (nSPS) is 10.6. The van der Waals surface area contributed by atoms with E-state index in [2.05, 4.69) is 31.2 Å². The topological polar surface area (TPSA) is 26.0 Å². The summed E-state index contributed by atoms with van der Waals surface area (Å²) in [7, 11) is 0. The summed E-state index contributed by atoms with van der Waals surface area (Å²) in [6, 6.07) is 8.57. The summed E-state index contributed by atoms with van der Waals surface area (Å²) >= 11 is 1.95. The van der Waals surface area contributed by atoms with Gasteiger partial charge in [-0.05, 0) is 29.9 Å². The Morgan fingerprint density at radius 2 is 1.94 bits per heavy atom. The molecule has 0 unspecified atom stereocenters. The van der Waals surface area contributed by atoms with E-state index in [1.54, 1.807) is 0 Å². The van der Waals surface area contributed by atoms with Gasteiger partial charge in [-0.15, -0.1) is 11.8 Å². The number of rotatable bonds is 8. The molecule has 0 bridgehead atoms. The molecule has 1 rings (SSSR count). The van der Waals surface area contributed by atoms with Crippen LogP contribution in [0.15, 0.2) is 29.2 Å². The lowest BCUT2D eigenvalue weighted by Crippen LogP contribution is -1.95. The molecule has 0 atom stereocenters. The van der Waals surface area contributed by atoms with Gasteiger partial charge in [0.2, 0.25) is 0 Å². The first-order valence-corrected chi connectivity index (χ1v) is 7.27. The van der Waals surface area contributed by atoms with E-state index in [4.69, 9.17) is 5.73 Å². The molecule has 0 aromatic heterocycles. The number of nitrogens with two attached hydrogens (primary N) is 1. The quantitative estimate of drug-likeness (QED) is 0.541. The highest BCUT2D eigenvalue weighted by Crippen LogP contribution is 2.20. The van der Waals surface area contributed by atoms with Crippen LogP contribution in [0, 0.1) is 0 Å². The number of hydrogen-bond acceptors (Lipinski definition) is 2. The molecule has 0 spiro atoms. The number of hydrogen-bond donors (Lipinski definition) is 1. The highest BCUT2D eigenvalue weighted by Gasteiger charge is 1.96. The molecule has 0 aliphatic rings. The molecule has 0 aliphatic heterocycles. The second-order valence-corrected chi connectivity index (χ2v) is 5.28. The van der Waals surface area contributed by atoms with Crippen LogP contribution in [-0.2, 0) is 6.54 Å². The lowest BCUT2D eigenvalue weighted by atomic mass is 10.2. The maximum absolute atomic E-state index is 5.62. The van der Waals surface area contributed by atoms with Crippen LogP contribution in [0.3, 0.4) is 0 Å². The second-order valence-electron chi connectivity index (χ2n) is 4.11. The van der Waals surface area contributed by atoms with E-state index >= 15 is 0 Å². The summed E-state index contributed by atoms with van der Waals surface area (Å²) in [5, 5.41) is 0. The van der Waals surface area contributed by atoms with E-state index in [1.807, 2.05) is 11.8 Å². The predicted molar refractivity (Wildman–Crippen MR) is 73.8 cm³/mol. The minimum Gasteiger partial charge on any atom is -0.326 e. The summed E-state index contributed by atoms with van der Waals surface area (Å²) < 4.78 is 0. The third-order valence-corrected chi connectivity index (χ3v) is 3.73. The second kappa shape index (κ2) is 8.66. The third-order valence-electron chi connectivity index (χ3n) is 2.65. The van der Waals surface area contributed by atoms with Gasteiger partial charge in [0.05, 0.1) is 0 Å². The highest BCUT2D eigenvalue weighted by atomic mass is 32.2. The van der Waals surface area contributed by atoms with E-state index in [-0.39, 0.29) is 0 Å². The van der Waals surface area contributed by atoms with E-state index in [0.29, 0.717) is 6.54 Å². The minimum absolute atomic E-state index is 0.644. The molecule has 0 amide bonds. The molecule has 0 aliphatic carbocycles. The van der Waals surface area contributed by atoms with Crippen LogP contribution in [0.25, 0.3) is 0 Å². The zero-order valence-electron chi connectivity index (χ0n) is 10.2. The Morgan fingerprint density at radius 1 is 1.12 bits per heavy atom. The van der Waals surface area contributed by atoms with Crippen LogP contribution >= 0.6 is 11.8 Å². The van der Waals surface area contributed by atoms with Crippen molar-refractivity contribution in [1.29, 1.82) is 0 Å². The molecule has 0 saturated heterocycles. The number of unbranched alkanes of at least 4 members (excludes halogenated alkanes) is 4. The number of thioether (sulfide) groups is 1. The van der Waals surface area contributed by atoms with Crippen LogP contribution in [0.1, 0.15) is 44.6 Å². The van der Waals surface area contributed by atoms with E-state index in [0.717, 1.165) is 0 Å². The average Bonchev–Trinajstić information content (AvgIpc) is 2.34. The van der Waals surface area contributed by atoms with Crippen molar-refractivity contribution in [3.8, 4) is 0 Å². The Hall–Kier alpha value is -0.470. The first-order valence-electron chi connectivity index (χ1n) is 6.28. The van der Waals surface area contributed by atoms with Gasteiger partial charge in [-0.1, -0.05) is 44.7 Å². The Labute approximate surface area is 104 Å². The molecule has 0 saturated carbocycles. The molecule has 0 heterocycles. The molecule has 2 heteroatoms. The van der Waals surface area contributed by atoms with Gasteiger partial charge >= 0.3 is 0 Å². The van der Waals surface area contributed by atoms with Crippen LogP contribution in [-0.4, -0.2) is 5.75 Å². The van der Waals surface area contributed by atoms with Crippen molar-refractivity contribution < 1.29 is 0 Å². The Kier molecular flexibility index (Phi) is 7.35. The van der Waals surface area contributed by atoms with Crippen molar-refractivity contribution in [2.24, 2.45) is 5.73 Å². The van der Waals surface area contributed by atoms with Crippen LogP contribution in [0.2, 0.25) is 0 Å². The van der Waals surface area contributed by atoms with Gasteiger partial charge in [0, 0.05) is 11.4 Å². The van der Waals surface area contributed by atoms with Crippen molar-refractivity contribution in [1.82, 2.24) is 0 Å². The smallest absolute Gasteiger partial charge is 0.0178 e. The van der Waals surface area contributed by atoms with Crippen molar-refractivity contribution in [2.45, 2.75) is 50.5 Å². The van der Waals surface area contributed by atoms with Crippen molar-refractivity contribution in [3.63, 3.8) is 0 Å². The number of benzene rings is 1. The lowest BCUT2D eigenvalue weighted by molar-refractivity contribution is 0.659. The molecule has 1 nitrogen and oxygen atoms in total. The predicted octanol–water partition coefficient (Wildman–Crippen LogP) is 4.21. The van der Waals surface area contributed by atoms with Gasteiger partial charge in [0.25, 0.3) is 0 Å². The fraction of sp³-hybridized carbons (Fsp3) is 0.571. The molecular formula is C14H23NS. The maximum Gasteiger partial charge on any atom is 0.0178 e. The summed E-state index contributed by atoms with van der Waals surface area (Å²) in [5.74, 6) is 1.23. The monoisotopic (exact) mass is 237 g/mol. The third kappa shape index (κ3) is 5.57. The van der Waals surface area contributed by atoms with Gasteiger partial charge in [0.15, 0.2) is 0 Å². The summed E-state index contributed by atoms with van der Waals surface area (Å²) in [4.78, 5) is 1.36. The van der Waals surface area contributed by atoms with E-state index < -0.39 is 0 Å². The fourth-order valence-electron chi connectivity index (χ4n) is 1.66. The lowest BCUT2D eigenvalue weighted by Gasteiger charge is -2.03. The van der Waals surface area contributed by atoms with Crippen molar-refractivity contribution in [3.05, 3.63) is 29.8 Å². The van der Waals surface area contributed by atoms with Gasteiger partial charge in [-0.3, -0.25) is 0 Å². The standard InChI is InChI=1S/C14H23NS/c1-2-3-4-5-6-10-16-14-9-7-8-13(11-14)12-15/h7-9,11H,2-6,10,12,15H2,1H3. The molecule has 0 fully saturated rings. The molecule has 0 radical (unpaired) electrons. The highest BCUT2D eigenvalue weighted by molar-refractivity contribution is 7.99. The Morgan fingerprint density at radius 3 is 2.69 bits per heavy atom. The van der Waals surface area contributed by atoms with Crippen molar-refractivity contribution >= 4 is 11.8 Å². The van der Waals surface area contributed by atoms with E-state index in [9.17, 15) is 0 Å². The fourth-order valence-corrected chi connectivity index (χ4v) is 2.65. The Balaban J connectivity index is 2.16. The molecule has 1 aromatic rings. The zero-order valence-corrected chi connectivity index (χ0v) is 11.1. The Bertz CT molecular complexity index is 286. The summed E-state index contributed by atoms with van der Waals surface area (Å²) in [6.45, 7) is 2.90. The first-order chi connectivity index (χ1) is 7.86. The van der Waals surface area contributed by atoms with Crippen LogP contribution in [0.4, 0.5) is 0 Å². The van der Waals surface area contributed by atoms with E-state index in [1.165, 1.54) is 48.3 Å². The van der Waals surface area contributed by atoms with Crippen LogP contribution in [0.5, 0.6) is 0 Å². The van der Waals surface area contributed by atoms with Crippen LogP contribution < -0.4 is 5.73 Å². The van der Waals surface area contributed by atoms with Gasteiger partial charge in [-0.2, -0.15) is 0 Å².